The molecule has 1 N–H and O–H groups in total. The Morgan fingerprint density at radius 2 is 1.03 bits per heavy atom. The van der Waals surface area contributed by atoms with Crippen LogP contribution in [0.25, 0.3) is 0 Å². The first-order chi connectivity index (χ1) is 14.1. The molecule has 0 aromatic heterocycles. The highest BCUT2D eigenvalue weighted by molar-refractivity contribution is 7.95. The molecule has 0 saturated carbocycles. The molecule has 0 aliphatic rings. The first kappa shape index (κ1) is 22.3. The first-order valence-electron chi connectivity index (χ1n) is 9.95. The molecule has 0 radical (unpaired) electrons. The lowest BCUT2D eigenvalue weighted by atomic mass is 10.1. The molecule has 0 aliphatic heterocycles. The average molecular weight is 477 g/mol. The fourth-order valence-corrected chi connectivity index (χ4v) is 8.43. The van der Waals surface area contributed by atoms with Crippen molar-refractivity contribution in [3.05, 3.63) is 120 Å². The molecule has 152 valence electrons. The molecular weight excluding hydrogens is 451 g/mol. The van der Waals surface area contributed by atoms with E-state index in [1.165, 1.54) is 21.5 Å². The molecule has 4 aromatic carbocycles. The van der Waals surface area contributed by atoms with Crippen LogP contribution in [0.5, 0.6) is 5.75 Å². The Labute approximate surface area is 190 Å². The van der Waals surface area contributed by atoms with Gasteiger partial charge in [0.2, 0.25) is 0 Å². The summed E-state index contributed by atoms with van der Waals surface area (Å²) in [5, 5.41) is 14.9. The highest BCUT2D eigenvalue weighted by Gasteiger charge is 2.45. The van der Waals surface area contributed by atoms with Gasteiger partial charge in [0.05, 0.1) is 0 Å². The largest absolute Gasteiger partial charge is 1.00 e. The van der Waals surface area contributed by atoms with Crippen molar-refractivity contribution in [1.82, 2.24) is 0 Å². The van der Waals surface area contributed by atoms with Crippen LogP contribution in [-0.2, 0) is 6.16 Å². The van der Waals surface area contributed by atoms with E-state index in [0.717, 1.165) is 17.3 Å². The zero-order valence-corrected chi connectivity index (χ0v) is 19.8. The summed E-state index contributed by atoms with van der Waals surface area (Å²) in [5.41, 5.74) is 3.14. The molecule has 3 heteroatoms. The van der Waals surface area contributed by atoms with Crippen LogP contribution in [0.4, 0.5) is 0 Å². The number of aryl methyl sites for hydroxylation is 2. The van der Waals surface area contributed by atoms with Crippen LogP contribution < -0.4 is 32.9 Å². The summed E-state index contributed by atoms with van der Waals surface area (Å²) >= 11 is 0. The summed E-state index contributed by atoms with van der Waals surface area (Å²) in [7, 11) is -2.00. The topological polar surface area (TPSA) is 20.2 Å². The van der Waals surface area contributed by atoms with Crippen molar-refractivity contribution in [2.24, 2.45) is 0 Å². The normalized spacial score (nSPS) is 11.0. The Morgan fingerprint density at radius 1 is 0.633 bits per heavy atom. The van der Waals surface area contributed by atoms with Crippen LogP contribution in [0.2, 0.25) is 0 Å². The van der Waals surface area contributed by atoms with Gasteiger partial charge < -0.3 is 22.1 Å². The van der Waals surface area contributed by atoms with Crippen LogP contribution in [0.15, 0.2) is 103 Å². The molecule has 1 nitrogen and oxygen atoms in total. The number of aromatic hydroxyl groups is 1. The minimum Gasteiger partial charge on any atom is -1.00 e. The van der Waals surface area contributed by atoms with Gasteiger partial charge >= 0.3 is 0 Å². The fourth-order valence-electron chi connectivity index (χ4n) is 4.19. The maximum Gasteiger partial charge on any atom is 0.125 e. The molecule has 0 amide bonds. The van der Waals surface area contributed by atoms with Crippen LogP contribution in [0, 0.1) is 13.8 Å². The van der Waals surface area contributed by atoms with E-state index in [9.17, 15) is 5.11 Å². The minimum absolute atomic E-state index is 0. The minimum atomic E-state index is -2.00. The summed E-state index contributed by atoms with van der Waals surface area (Å²) in [5.74, 6) is 0.419. The summed E-state index contributed by atoms with van der Waals surface area (Å²) < 4.78 is 0. The van der Waals surface area contributed by atoms with Gasteiger partial charge in [0.1, 0.15) is 35.1 Å². The van der Waals surface area contributed by atoms with Crippen molar-refractivity contribution in [2.75, 3.05) is 0 Å². The summed E-state index contributed by atoms with van der Waals surface area (Å²) in [4.78, 5) is 0. The third kappa shape index (κ3) is 4.21. The molecule has 0 atom stereocenters. The zero-order chi connectivity index (χ0) is 20.3. The van der Waals surface area contributed by atoms with Gasteiger partial charge in [0.15, 0.2) is 0 Å². The van der Waals surface area contributed by atoms with Crippen molar-refractivity contribution in [2.45, 2.75) is 20.0 Å². The second kappa shape index (κ2) is 9.60. The number of rotatable bonds is 5. The first-order valence-corrected chi connectivity index (χ1v) is 11.9. The number of hydrogen-bond donors (Lipinski definition) is 1. The molecule has 0 bridgehead atoms. The Bertz CT molecular complexity index is 999. The monoisotopic (exact) mass is 476 g/mol. The lowest BCUT2D eigenvalue weighted by molar-refractivity contribution is -0.00000671. The van der Waals surface area contributed by atoms with Crippen molar-refractivity contribution >= 4 is 23.2 Å². The molecule has 30 heavy (non-hydrogen) atoms. The smallest absolute Gasteiger partial charge is 0.125 e. The lowest BCUT2D eigenvalue weighted by Gasteiger charge is -2.28. The van der Waals surface area contributed by atoms with Gasteiger partial charge in [-0.25, -0.2) is 0 Å². The highest BCUT2D eigenvalue weighted by Crippen LogP contribution is 2.59. The molecule has 0 spiro atoms. The highest BCUT2D eigenvalue weighted by atomic mass is 79.9. The Kier molecular flexibility index (Phi) is 7.13. The molecule has 4 aromatic rings. The standard InChI is InChI=1S/C27H25OP.BrH/c1-21-18-22(2)27(28)23(19-21)20-29(24-12-6-3-7-13-24,25-14-8-4-9-15-25)26-16-10-5-11-17-26;/h3-19H,20H2,1-2H3;1H. The average Bonchev–Trinajstić information content (AvgIpc) is 2.77. The van der Waals surface area contributed by atoms with Gasteiger partial charge in [0.25, 0.3) is 0 Å². The van der Waals surface area contributed by atoms with Crippen LogP contribution in [0.1, 0.15) is 16.7 Å². The van der Waals surface area contributed by atoms with Crippen molar-refractivity contribution in [1.29, 1.82) is 0 Å². The second-order valence-corrected chi connectivity index (χ2v) is 11.0. The van der Waals surface area contributed by atoms with E-state index in [0.29, 0.717) is 5.75 Å². The van der Waals surface area contributed by atoms with Gasteiger partial charge in [0, 0.05) is 5.56 Å². The number of halogens is 1. The summed E-state index contributed by atoms with van der Waals surface area (Å²) in [6, 6.07) is 36.6. The van der Waals surface area contributed by atoms with E-state index in [1.54, 1.807) is 0 Å². The van der Waals surface area contributed by atoms with Crippen LogP contribution in [0.3, 0.4) is 0 Å². The predicted molar refractivity (Wildman–Crippen MR) is 126 cm³/mol. The number of phenols is 1. The number of phenolic OH excluding ortho intramolecular Hbond substituents is 1. The van der Waals surface area contributed by atoms with E-state index >= 15 is 0 Å². The fraction of sp³-hybridized carbons (Fsp3) is 0.111. The Hall–Kier alpha value is -2.41. The molecule has 0 fully saturated rings. The molecule has 4 rings (SSSR count). The quantitative estimate of drug-likeness (QED) is 0.438. The zero-order valence-electron chi connectivity index (χ0n) is 17.3. The molecule has 0 aliphatic carbocycles. The predicted octanol–water partition coefficient (Wildman–Crippen LogP) is 2.51. The summed E-state index contributed by atoms with van der Waals surface area (Å²) in [6.45, 7) is 4.09. The van der Waals surface area contributed by atoms with Crippen molar-refractivity contribution < 1.29 is 22.1 Å². The van der Waals surface area contributed by atoms with E-state index in [2.05, 4.69) is 104 Å². The van der Waals surface area contributed by atoms with Crippen LogP contribution >= 0.6 is 7.26 Å². The lowest BCUT2D eigenvalue weighted by Crippen LogP contribution is -3.00. The number of hydrogen-bond acceptors (Lipinski definition) is 1. The summed E-state index contributed by atoms with van der Waals surface area (Å²) in [6.07, 6.45) is 0.791. The van der Waals surface area contributed by atoms with Crippen LogP contribution in [-0.4, -0.2) is 5.11 Å². The maximum absolute atomic E-state index is 10.9. The Morgan fingerprint density at radius 3 is 1.43 bits per heavy atom. The third-order valence-electron chi connectivity index (χ3n) is 5.52. The molecular formula is C27H26BrOP. The van der Waals surface area contributed by atoms with Gasteiger partial charge in [-0.15, -0.1) is 0 Å². The maximum atomic E-state index is 10.9. The van der Waals surface area contributed by atoms with Crippen molar-refractivity contribution in [3.8, 4) is 5.75 Å². The molecule has 0 unspecified atom stereocenters. The Balaban J connectivity index is 0.00000256. The molecule has 0 heterocycles. The van der Waals surface area contributed by atoms with E-state index in [4.69, 9.17) is 0 Å². The SMILES string of the molecule is Cc1cc(C)c(O)c(C[P+](c2ccccc2)(c2ccccc2)c2ccccc2)c1.[Br-]. The second-order valence-electron chi connectivity index (χ2n) is 7.56. The van der Waals surface area contributed by atoms with Gasteiger partial charge in [-0.3, -0.25) is 0 Å². The van der Waals surface area contributed by atoms with Gasteiger partial charge in [-0.05, 0) is 61.9 Å². The third-order valence-corrected chi connectivity index (χ3v) is 9.88. The van der Waals surface area contributed by atoms with Gasteiger partial charge in [-0.2, -0.15) is 0 Å². The van der Waals surface area contributed by atoms with E-state index in [-0.39, 0.29) is 17.0 Å². The number of benzene rings is 4. The van der Waals surface area contributed by atoms with Crippen molar-refractivity contribution in [3.63, 3.8) is 0 Å². The molecule has 0 saturated heterocycles. The van der Waals surface area contributed by atoms with Gasteiger partial charge in [-0.1, -0.05) is 66.2 Å². The van der Waals surface area contributed by atoms with E-state index in [1.807, 2.05) is 13.0 Å². The van der Waals surface area contributed by atoms with E-state index < -0.39 is 7.26 Å².